The SMILES string of the molecule is O=C1NC(c2ccc(OCCCC(F)(F)F)cc2F)(C(F)(F)F)CC(c2ccn(CC3CC3)n2)=C1c1nn[nH]n1. The first-order chi connectivity index (χ1) is 18.9. The summed E-state index contributed by atoms with van der Waals surface area (Å²) in [5, 5.41) is 19.3. The van der Waals surface area contributed by atoms with Crippen LogP contribution in [0, 0.1) is 11.7 Å². The summed E-state index contributed by atoms with van der Waals surface area (Å²) in [5.74, 6) is -2.70. The lowest BCUT2D eigenvalue weighted by Crippen LogP contribution is -2.59. The number of benzene rings is 1. The van der Waals surface area contributed by atoms with Crippen LogP contribution < -0.4 is 10.1 Å². The second-order valence-electron chi connectivity index (χ2n) is 9.70. The lowest BCUT2D eigenvalue weighted by Gasteiger charge is -2.41. The van der Waals surface area contributed by atoms with Crippen molar-refractivity contribution in [3.63, 3.8) is 0 Å². The third-order valence-electron chi connectivity index (χ3n) is 6.72. The number of nitrogens with one attached hydrogen (secondary N) is 2. The number of rotatable bonds is 9. The summed E-state index contributed by atoms with van der Waals surface area (Å²) in [6.07, 6.45) is -8.50. The van der Waals surface area contributed by atoms with Gasteiger partial charge in [0.15, 0.2) is 5.54 Å². The van der Waals surface area contributed by atoms with Gasteiger partial charge in [0.1, 0.15) is 11.6 Å². The molecule has 16 heteroatoms. The maximum absolute atomic E-state index is 15.3. The van der Waals surface area contributed by atoms with E-state index in [2.05, 4.69) is 25.7 Å². The topological polar surface area (TPSA) is 111 Å². The summed E-state index contributed by atoms with van der Waals surface area (Å²) >= 11 is 0. The lowest BCUT2D eigenvalue weighted by molar-refractivity contribution is -0.202. The van der Waals surface area contributed by atoms with Gasteiger partial charge in [-0.2, -0.15) is 36.7 Å². The highest BCUT2D eigenvalue weighted by Gasteiger charge is 2.61. The van der Waals surface area contributed by atoms with Gasteiger partial charge in [-0.05, 0) is 54.2 Å². The molecule has 1 amide bonds. The number of nitrogens with zero attached hydrogens (tertiary/aromatic N) is 5. The highest BCUT2D eigenvalue weighted by molar-refractivity contribution is 6.27. The van der Waals surface area contributed by atoms with E-state index >= 15 is 4.39 Å². The van der Waals surface area contributed by atoms with Crippen molar-refractivity contribution in [3.05, 3.63) is 53.4 Å². The number of hydrogen-bond acceptors (Lipinski definition) is 6. The number of amides is 1. The molecule has 1 saturated carbocycles. The first kappa shape index (κ1) is 27.6. The Bertz CT molecular complexity index is 1410. The van der Waals surface area contributed by atoms with Gasteiger partial charge in [-0.25, -0.2) is 4.39 Å². The van der Waals surface area contributed by atoms with Gasteiger partial charge < -0.3 is 10.1 Å². The van der Waals surface area contributed by atoms with Gasteiger partial charge in [-0.1, -0.05) is 0 Å². The molecule has 0 saturated heterocycles. The Kier molecular flexibility index (Phi) is 7.04. The summed E-state index contributed by atoms with van der Waals surface area (Å²) < 4.78 is 103. The van der Waals surface area contributed by atoms with Crippen molar-refractivity contribution in [2.75, 3.05) is 6.61 Å². The van der Waals surface area contributed by atoms with E-state index in [-0.39, 0.29) is 28.4 Å². The molecule has 1 aromatic carbocycles. The second-order valence-corrected chi connectivity index (χ2v) is 9.70. The van der Waals surface area contributed by atoms with Crippen LogP contribution in [0.3, 0.4) is 0 Å². The zero-order chi connectivity index (χ0) is 28.7. The molecule has 2 aliphatic rings. The van der Waals surface area contributed by atoms with Crippen LogP contribution in [0.1, 0.15) is 49.2 Å². The van der Waals surface area contributed by atoms with E-state index in [1.807, 2.05) is 5.32 Å². The average molecular weight is 573 g/mol. The molecular weight excluding hydrogens is 551 g/mol. The molecule has 214 valence electrons. The summed E-state index contributed by atoms with van der Waals surface area (Å²) in [6, 6.07) is 3.91. The van der Waals surface area contributed by atoms with Gasteiger partial charge >= 0.3 is 12.4 Å². The Morgan fingerprint density at radius 1 is 1.12 bits per heavy atom. The molecule has 9 nitrogen and oxygen atoms in total. The van der Waals surface area contributed by atoms with Gasteiger partial charge in [-0.3, -0.25) is 9.48 Å². The minimum absolute atomic E-state index is 0.0638. The van der Waals surface area contributed by atoms with Crippen LogP contribution in [-0.4, -0.2) is 55.3 Å². The predicted octanol–water partition coefficient (Wildman–Crippen LogP) is 4.56. The van der Waals surface area contributed by atoms with Crippen LogP contribution in [0.15, 0.2) is 30.5 Å². The minimum atomic E-state index is -5.19. The van der Waals surface area contributed by atoms with E-state index in [9.17, 15) is 31.1 Å². The van der Waals surface area contributed by atoms with E-state index in [0.29, 0.717) is 18.5 Å². The second kappa shape index (κ2) is 10.2. The van der Waals surface area contributed by atoms with Crippen LogP contribution in [0.2, 0.25) is 0 Å². The fourth-order valence-electron chi connectivity index (χ4n) is 4.58. The molecule has 1 fully saturated rings. The molecule has 0 spiro atoms. The maximum Gasteiger partial charge on any atom is 0.416 e. The summed E-state index contributed by atoms with van der Waals surface area (Å²) in [6.45, 7) is 0.129. The number of aromatic amines is 1. The van der Waals surface area contributed by atoms with Crippen LogP contribution in [0.5, 0.6) is 5.75 Å². The smallest absolute Gasteiger partial charge is 0.416 e. The Balaban J connectivity index is 1.51. The quantitative estimate of drug-likeness (QED) is 0.287. The highest BCUT2D eigenvalue weighted by atomic mass is 19.4. The zero-order valence-corrected chi connectivity index (χ0v) is 20.6. The Labute approximate surface area is 221 Å². The normalized spacial score (nSPS) is 20.1. The molecule has 5 rings (SSSR count). The van der Waals surface area contributed by atoms with Gasteiger partial charge in [0.05, 0.1) is 17.9 Å². The molecule has 0 radical (unpaired) electrons. The van der Waals surface area contributed by atoms with Crippen molar-refractivity contribution in [2.24, 2.45) is 5.92 Å². The Morgan fingerprint density at radius 3 is 2.52 bits per heavy atom. The number of tetrazole rings is 1. The average Bonchev–Trinajstić information content (AvgIpc) is 3.30. The third-order valence-corrected chi connectivity index (χ3v) is 6.72. The fourth-order valence-corrected chi connectivity index (χ4v) is 4.58. The molecule has 1 unspecified atom stereocenters. The molecule has 3 heterocycles. The predicted molar refractivity (Wildman–Crippen MR) is 124 cm³/mol. The third kappa shape index (κ3) is 5.65. The molecule has 2 N–H and O–H groups in total. The summed E-state index contributed by atoms with van der Waals surface area (Å²) in [5.41, 5.74) is -4.52. The maximum atomic E-state index is 15.3. The van der Waals surface area contributed by atoms with E-state index in [4.69, 9.17) is 4.74 Å². The fraction of sp³-hybridized carbons (Fsp3) is 0.458. The van der Waals surface area contributed by atoms with Crippen molar-refractivity contribution in [2.45, 2.75) is 56.5 Å². The first-order valence-electron chi connectivity index (χ1n) is 12.3. The van der Waals surface area contributed by atoms with Crippen molar-refractivity contribution < 1.29 is 40.3 Å². The molecule has 2 aromatic heterocycles. The van der Waals surface area contributed by atoms with Gasteiger partial charge in [0, 0.05) is 37.2 Å². The number of ether oxygens (including phenoxy) is 1. The van der Waals surface area contributed by atoms with E-state index in [1.54, 1.807) is 10.9 Å². The summed E-state index contributed by atoms with van der Waals surface area (Å²) in [4.78, 5) is 13.3. The van der Waals surface area contributed by atoms with Crippen molar-refractivity contribution in [1.82, 2.24) is 35.7 Å². The monoisotopic (exact) mass is 573 g/mol. The highest BCUT2D eigenvalue weighted by Crippen LogP contribution is 2.50. The Hall–Kier alpha value is -3.98. The molecule has 1 atom stereocenters. The molecule has 40 heavy (non-hydrogen) atoms. The number of carbonyl (C=O) groups excluding carboxylic acids is 1. The standard InChI is InChI=1S/C24H22F7N7O2/c25-17-10-14(40-9-1-7-23(26,27)28)4-5-16(17)22(24(29,30)31)11-15(18-6-8-38(35-18)12-13-2-3-13)19(21(39)32-22)20-33-36-37-34-20/h4-6,8,10,13H,1-3,7,9,11-12H2,(H,32,39)(H,33,34,36,37). The number of aromatic nitrogens is 6. The number of hydrogen-bond donors (Lipinski definition) is 2. The Morgan fingerprint density at radius 2 is 1.90 bits per heavy atom. The number of H-pyrrole nitrogens is 1. The number of alkyl halides is 6. The van der Waals surface area contributed by atoms with Gasteiger partial charge in [-0.15, -0.1) is 10.2 Å². The van der Waals surface area contributed by atoms with Crippen molar-refractivity contribution in [1.29, 1.82) is 0 Å². The molecule has 1 aliphatic heterocycles. The largest absolute Gasteiger partial charge is 0.493 e. The van der Waals surface area contributed by atoms with Crippen LogP contribution in [-0.2, 0) is 16.9 Å². The zero-order valence-electron chi connectivity index (χ0n) is 20.6. The molecule has 3 aromatic rings. The van der Waals surface area contributed by atoms with Gasteiger partial charge in [0.25, 0.3) is 5.91 Å². The molecule has 0 bridgehead atoms. The number of carbonyl (C=O) groups is 1. The van der Waals surface area contributed by atoms with Crippen LogP contribution in [0.25, 0.3) is 11.1 Å². The lowest BCUT2D eigenvalue weighted by atomic mass is 9.77. The van der Waals surface area contributed by atoms with E-state index in [1.165, 1.54) is 6.07 Å². The van der Waals surface area contributed by atoms with E-state index < -0.39 is 61.0 Å². The van der Waals surface area contributed by atoms with Gasteiger partial charge in [0.2, 0.25) is 5.82 Å². The van der Waals surface area contributed by atoms with Crippen molar-refractivity contribution >= 4 is 17.1 Å². The minimum Gasteiger partial charge on any atom is -0.493 e. The van der Waals surface area contributed by atoms with E-state index in [0.717, 1.165) is 25.0 Å². The van der Waals surface area contributed by atoms with Crippen molar-refractivity contribution in [3.8, 4) is 5.75 Å². The molecule has 1 aliphatic carbocycles. The first-order valence-corrected chi connectivity index (χ1v) is 12.3. The number of halogens is 7. The van der Waals surface area contributed by atoms with Crippen LogP contribution in [0.4, 0.5) is 30.7 Å². The molecular formula is C24H22F7N7O2. The van der Waals surface area contributed by atoms with Crippen LogP contribution >= 0.6 is 0 Å². The summed E-state index contributed by atoms with van der Waals surface area (Å²) in [7, 11) is 0.